The Balaban J connectivity index is 2.04. The van der Waals surface area contributed by atoms with Gasteiger partial charge in [0.25, 0.3) is 0 Å². The summed E-state index contributed by atoms with van der Waals surface area (Å²) in [5.74, 6) is 0. The Morgan fingerprint density at radius 3 is 1.48 bits per heavy atom. The normalized spacial score (nSPS) is 11.9. The Morgan fingerprint density at radius 1 is 0.519 bits per heavy atom. The summed E-state index contributed by atoms with van der Waals surface area (Å²) in [7, 11) is -2.33. The molecule has 134 valence electrons. The first-order valence-corrected chi connectivity index (χ1v) is 11.5. The molecule has 4 rings (SSSR count). The van der Waals surface area contributed by atoms with E-state index in [1.807, 2.05) is 12.1 Å². The molecule has 0 aliphatic rings. The Hall–Kier alpha value is -2.89. The molecule has 1 nitrogen and oxygen atoms in total. The van der Waals surface area contributed by atoms with Gasteiger partial charge in [-0.05, 0) is 0 Å². The summed E-state index contributed by atoms with van der Waals surface area (Å²) in [4.78, 5) is 0. The van der Waals surface area contributed by atoms with Gasteiger partial charge in [-0.25, -0.2) is 0 Å². The number of nitrogens with two attached hydrogens (primary N) is 1. The number of benzene rings is 4. The summed E-state index contributed by atoms with van der Waals surface area (Å²) in [6.45, 7) is 0. The molecular weight excluding hydrogens is 345 g/mol. The first kappa shape index (κ1) is 17.5. The maximum atomic E-state index is 6.57. The third-order valence-corrected chi connectivity index (χ3v) is 10.2. The molecule has 0 saturated carbocycles. The number of hydrogen-bond acceptors (Lipinski definition) is 1. The molecular formula is C25H24NP. The van der Waals surface area contributed by atoms with Crippen molar-refractivity contribution in [1.29, 1.82) is 0 Å². The summed E-state index contributed by atoms with van der Waals surface area (Å²) in [5.41, 5.74) is 8.80. The van der Waals surface area contributed by atoms with Gasteiger partial charge in [-0.2, -0.15) is 0 Å². The van der Waals surface area contributed by atoms with Crippen molar-refractivity contribution in [2.45, 2.75) is 6.16 Å². The van der Waals surface area contributed by atoms with Gasteiger partial charge >= 0.3 is 162 Å². The Kier molecular flexibility index (Phi) is 5.05. The predicted molar refractivity (Wildman–Crippen MR) is 121 cm³/mol. The zero-order valence-electron chi connectivity index (χ0n) is 15.3. The Bertz CT molecular complexity index is 958. The molecule has 0 spiro atoms. The molecule has 2 heteroatoms. The van der Waals surface area contributed by atoms with Crippen molar-refractivity contribution >= 4 is 28.9 Å². The molecule has 0 saturated heterocycles. The third-order valence-electron chi connectivity index (χ3n) is 5.27. The van der Waals surface area contributed by atoms with E-state index in [0.29, 0.717) is 0 Å². The van der Waals surface area contributed by atoms with Gasteiger partial charge in [-0.1, -0.05) is 0 Å². The van der Waals surface area contributed by atoms with Gasteiger partial charge in [-0.15, -0.1) is 0 Å². The van der Waals surface area contributed by atoms with E-state index in [1.165, 1.54) is 21.5 Å². The van der Waals surface area contributed by atoms with Crippen molar-refractivity contribution in [1.82, 2.24) is 0 Å². The number of rotatable bonds is 5. The first-order chi connectivity index (χ1) is 13.3. The molecule has 0 unspecified atom stereocenters. The predicted octanol–water partition coefficient (Wildman–Crippen LogP) is 4.50. The van der Waals surface area contributed by atoms with E-state index in [1.54, 1.807) is 0 Å². The minimum absolute atomic E-state index is 0.882. The standard InChI is InChI=1S/C25H24NP/c26-24-18-10-11-19-25(24)27(22-14-6-2-7-15-22,23-16-8-3-9-17-23)20-21-12-4-1-5-13-21/h1-19,27H,20,26H2. The minimum atomic E-state index is -2.33. The van der Waals surface area contributed by atoms with Crippen LogP contribution in [0.3, 0.4) is 0 Å². The fourth-order valence-electron chi connectivity index (χ4n) is 4.01. The van der Waals surface area contributed by atoms with Gasteiger partial charge in [0.1, 0.15) is 0 Å². The summed E-state index contributed by atoms with van der Waals surface area (Å²) in [6.07, 6.45) is 0.982. The first-order valence-electron chi connectivity index (χ1n) is 9.31. The molecule has 0 fully saturated rings. The molecule has 0 radical (unpaired) electrons. The van der Waals surface area contributed by atoms with Crippen molar-refractivity contribution in [2.75, 3.05) is 5.73 Å². The van der Waals surface area contributed by atoms with E-state index in [2.05, 4.69) is 103 Å². The Morgan fingerprint density at radius 2 is 0.963 bits per heavy atom. The molecule has 0 bridgehead atoms. The Labute approximate surface area is 161 Å². The van der Waals surface area contributed by atoms with Gasteiger partial charge < -0.3 is 0 Å². The van der Waals surface area contributed by atoms with Crippen molar-refractivity contribution in [3.63, 3.8) is 0 Å². The van der Waals surface area contributed by atoms with E-state index in [9.17, 15) is 0 Å². The van der Waals surface area contributed by atoms with Crippen LogP contribution in [0.25, 0.3) is 0 Å². The molecule has 4 aromatic carbocycles. The van der Waals surface area contributed by atoms with E-state index >= 15 is 0 Å². The quantitative estimate of drug-likeness (QED) is 0.407. The van der Waals surface area contributed by atoms with E-state index in [4.69, 9.17) is 5.73 Å². The summed E-state index contributed by atoms with van der Waals surface area (Å²) in [6, 6.07) is 41.0. The molecule has 0 heterocycles. The van der Waals surface area contributed by atoms with Crippen LogP contribution in [0.1, 0.15) is 5.56 Å². The fraction of sp³-hybridized carbons (Fsp3) is 0.0400. The number of nitrogen functional groups attached to an aromatic ring is 1. The summed E-state index contributed by atoms with van der Waals surface area (Å²) in [5, 5.41) is 4.06. The molecule has 27 heavy (non-hydrogen) atoms. The average molecular weight is 369 g/mol. The van der Waals surface area contributed by atoms with E-state index in [0.717, 1.165) is 11.8 Å². The molecule has 0 amide bonds. The van der Waals surface area contributed by atoms with Gasteiger partial charge in [0.05, 0.1) is 0 Å². The second kappa shape index (κ2) is 7.78. The van der Waals surface area contributed by atoms with Gasteiger partial charge in [-0.3, -0.25) is 0 Å². The van der Waals surface area contributed by atoms with Crippen LogP contribution in [0.5, 0.6) is 0 Å². The van der Waals surface area contributed by atoms with Crippen molar-refractivity contribution in [3.05, 3.63) is 121 Å². The average Bonchev–Trinajstić information content (AvgIpc) is 2.75. The zero-order chi connectivity index (χ0) is 18.5. The third kappa shape index (κ3) is 3.39. The van der Waals surface area contributed by atoms with Crippen LogP contribution in [0.2, 0.25) is 0 Å². The van der Waals surface area contributed by atoms with Crippen LogP contribution in [0.15, 0.2) is 115 Å². The maximum absolute atomic E-state index is 6.57. The van der Waals surface area contributed by atoms with Crippen molar-refractivity contribution < 1.29 is 0 Å². The molecule has 0 aliphatic carbocycles. The van der Waals surface area contributed by atoms with E-state index < -0.39 is 7.26 Å². The van der Waals surface area contributed by atoms with Crippen molar-refractivity contribution in [3.8, 4) is 0 Å². The van der Waals surface area contributed by atoms with Gasteiger partial charge in [0.2, 0.25) is 0 Å². The fourth-order valence-corrected chi connectivity index (χ4v) is 8.89. The molecule has 0 atom stereocenters. The monoisotopic (exact) mass is 369 g/mol. The zero-order valence-corrected chi connectivity index (χ0v) is 16.3. The number of hydrogen-bond donors (Lipinski definition) is 1. The van der Waals surface area contributed by atoms with Crippen LogP contribution in [0, 0.1) is 0 Å². The molecule has 0 aliphatic heterocycles. The van der Waals surface area contributed by atoms with Crippen LogP contribution in [-0.4, -0.2) is 0 Å². The molecule has 2 N–H and O–H groups in total. The SMILES string of the molecule is Nc1ccccc1[PH](Cc1ccccc1)(c1ccccc1)c1ccccc1. The van der Waals surface area contributed by atoms with Crippen LogP contribution in [-0.2, 0) is 6.16 Å². The number of anilines is 1. The van der Waals surface area contributed by atoms with Crippen LogP contribution in [0.4, 0.5) is 5.69 Å². The summed E-state index contributed by atoms with van der Waals surface area (Å²) < 4.78 is 0. The topological polar surface area (TPSA) is 26.0 Å². The van der Waals surface area contributed by atoms with E-state index in [-0.39, 0.29) is 0 Å². The second-order valence-electron chi connectivity index (χ2n) is 6.89. The second-order valence-corrected chi connectivity index (χ2v) is 10.7. The van der Waals surface area contributed by atoms with Gasteiger partial charge in [0, 0.05) is 0 Å². The van der Waals surface area contributed by atoms with Crippen LogP contribution >= 0.6 is 7.26 Å². The van der Waals surface area contributed by atoms with Crippen molar-refractivity contribution in [2.24, 2.45) is 0 Å². The summed E-state index contributed by atoms with van der Waals surface area (Å²) >= 11 is 0. The number of para-hydroxylation sites is 1. The molecule has 4 aromatic rings. The molecule has 0 aromatic heterocycles. The van der Waals surface area contributed by atoms with Gasteiger partial charge in [0.15, 0.2) is 0 Å². The van der Waals surface area contributed by atoms with Crippen LogP contribution < -0.4 is 21.6 Å².